The highest BCUT2D eigenvalue weighted by Gasteiger charge is 2.09. The quantitative estimate of drug-likeness (QED) is 0.297. The van der Waals surface area contributed by atoms with Crippen LogP contribution in [-0.2, 0) is 6.42 Å². The zero-order valence-corrected chi connectivity index (χ0v) is 15.4. The van der Waals surface area contributed by atoms with Gasteiger partial charge in [0.2, 0.25) is 0 Å². The zero-order chi connectivity index (χ0) is 16.5. The maximum absolute atomic E-state index is 5.56. The largest absolute Gasteiger partial charge is 0.0778 e. The molecule has 0 nitrogen and oxygen atoms in total. The van der Waals surface area contributed by atoms with E-state index in [2.05, 4.69) is 31.2 Å². The number of benzene rings is 2. The van der Waals surface area contributed by atoms with Crippen LogP contribution in [0.4, 0.5) is 0 Å². The van der Waals surface area contributed by atoms with E-state index in [0.717, 1.165) is 27.3 Å². The summed E-state index contributed by atoms with van der Waals surface area (Å²) in [6.07, 6.45) is 7.75. The summed E-state index contributed by atoms with van der Waals surface area (Å²) < 4.78 is 0. The van der Waals surface area contributed by atoms with E-state index in [-0.39, 0.29) is 0 Å². The molecule has 0 unspecified atom stereocenters. The molecule has 0 atom stereocenters. The maximum Gasteiger partial charge on any atom is 0.0636 e. The van der Waals surface area contributed by atoms with Crippen molar-refractivity contribution < 1.29 is 0 Å². The Morgan fingerprint density at radius 3 is 1.87 bits per heavy atom. The molecule has 120 valence electrons. The number of hydrogen-bond donors (Lipinski definition) is 0. The van der Waals surface area contributed by atoms with E-state index in [1.165, 1.54) is 37.7 Å². The number of aryl methyl sites for hydroxylation is 1. The van der Waals surface area contributed by atoms with Crippen molar-refractivity contribution in [2.24, 2.45) is 0 Å². The van der Waals surface area contributed by atoms with Crippen LogP contribution < -0.4 is 0 Å². The van der Waals surface area contributed by atoms with Crippen LogP contribution in [0, 0.1) is 0 Å². The van der Waals surface area contributed by atoms with Crippen molar-refractivity contribution in [3.63, 3.8) is 0 Å². The highest BCUT2D eigenvalue weighted by atomic mass is 32.1. The van der Waals surface area contributed by atoms with Gasteiger partial charge in [-0.15, -0.1) is 0 Å². The van der Waals surface area contributed by atoms with Gasteiger partial charge in [0.05, 0.1) is 9.73 Å². The lowest BCUT2D eigenvalue weighted by molar-refractivity contribution is 0.632. The molecule has 0 aliphatic rings. The Labute approximate surface area is 150 Å². The highest BCUT2D eigenvalue weighted by Crippen LogP contribution is 2.14. The Morgan fingerprint density at radius 2 is 1.26 bits per heavy atom. The molecule has 2 aromatic carbocycles. The third kappa shape index (κ3) is 5.63. The van der Waals surface area contributed by atoms with Gasteiger partial charge in [-0.2, -0.15) is 0 Å². The summed E-state index contributed by atoms with van der Waals surface area (Å²) >= 11 is 11.1. The van der Waals surface area contributed by atoms with Crippen molar-refractivity contribution in [3.05, 3.63) is 71.3 Å². The monoisotopic (exact) mass is 340 g/mol. The second kappa shape index (κ2) is 9.69. The molecule has 2 heteroatoms. The smallest absolute Gasteiger partial charge is 0.0636 e. The summed E-state index contributed by atoms with van der Waals surface area (Å²) in [5.41, 5.74) is 3.45. The van der Waals surface area contributed by atoms with E-state index >= 15 is 0 Å². The minimum atomic E-state index is 0.757. The Morgan fingerprint density at radius 1 is 0.696 bits per heavy atom. The summed E-state index contributed by atoms with van der Waals surface area (Å²) in [7, 11) is 0. The lowest BCUT2D eigenvalue weighted by atomic mass is 10.0. The third-order valence-corrected chi connectivity index (χ3v) is 5.04. The summed E-state index contributed by atoms with van der Waals surface area (Å²) in [6.45, 7) is 2.25. The fraction of sp³-hybridized carbons (Fsp3) is 0.333. The number of hydrogen-bond acceptors (Lipinski definition) is 2. The molecule has 0 spiro atoms. The molecule has 0 saturated heterocycles. The zero-order valence-electron chi connectivity index (χ0n) is 13.8. The first-order valence-corrected chi connectivity index (χ1v) is 9.27. The van der Waals surface area contributed by atoms with E-state index in [1.807, 2.05) is 30.3 Å². The molecule has 0 aliphatic heterocycles. The predicted octanol–water partition coefficient (Wildman–Crippen LogP) is 6.34. The minimum Gasteiger partial charge on any atom is -0.0778 e. The SMILES string of the molecule is CCCCCCCc1ccc(C(=S)C(=S)c2ccccc2)cc1. The second-order valence-electron chi connectivity index (χ2n) is 5.89. The van der Waals surface area contributed by atoms with E-state index in [4.69, 9.17) is 24.4 Å². The molecule has 0 radical (unpaired) electrons. The molecule has 2 aromatic rings. The normalized spacial score (nSPS) is 10.5. The maximum atomic E-state index is 5.56. The summed E-state index contributed by atoms with van der Waals surface area (Å²) in [5.74, 6) is 0. The first kappa shape index (κ1) is 18.0. The Hall–Kier alpha value is -1.38. The van der Waals surface area contributed by atoms with Gasteiger partial charge in [0, 0.05) is 0 Å². The Balaban J connectivity index is 1.91. The van der Waals surface area contributed by atoms with Gasteiger partial charge in [-0.05, 0) is 29.5 Å². The lowest BCUT2D eigenvalue weighted by Crippen LogP contribution is -2.11. The molecular weight excluding hydrogens is 316 g/mol. The van der Waals surface area contributed by atoms with Crippen molar-refractivity contribution >= 4 is 34.2 Å². The Bertz CT molecular complexity index is 627. The fourth-order valence-electron chi connectivity index (χ4n) is 2.61. The van der Waals surface area contributed by atoms with Crippen LogP contribution in [0.2, 0.25) is 0 Å². The molecule has 23 heavy (non-hydrogen) atoms. The van der Waals surface area contributed by atoms with Crippen molar-refractivity contribution in [2.75, 3.05) is 0 Å². The minimum absolute atomic E-state index is 0.757. The topological polar surface area (TPSA) is 0 Å². The Kier molecular flexibility index (Phi) is 7.57. The molecular formula is C21H24S2. The molecule has 0 bridgehead atoms. The number of rotatable bonds is 9. The van der Waals surface area contributed by atoms with Crippen molar-refractivity contribution in [3.8, 4) is 0 Å². The van der Waals surface area contributed by atoms with Crippen molar-refractivity contribution in [2.45, 2.75) is 45.4 Å². The molecule has 0 aromatic heterocycles. The summed E-state index contributed by atoms with van der Waals surface area (Å²) in [6, 6.07) is 18.6. The molecule has 2 rings (SSSR count). The average Bonchev–Trinajstić information content (AvgIpc) is 2.61. The number of unbranched alkanes of at least 4 members (excludes halogenated alkanes) is 4. The van der Waals surface area contributed by atoms with Crippen LogP contribution in [0.15, 0.2) is 54.6 Å². The van der Waals surface area contributed by atoms with E-state index in [1.54, 1.807) is 0 Å². The van der Waals surface area contributed by atoms with Gasteiger partial charge in [0.15, 0.2) is 0 Å². The molecule has 0 fully saturated rings. The summed E-state index contributed by atoms with van der Waals surface area (Å²) in [5, 5.41) is 0. The van der Waals surface area contributed by atoms with Gasteiger partial charge in [0.1, 0.15) is 0 Å². The second-order valence-corrected chi connectivity index (χ2v) is 6.70. The van der Waals surface area contributed by atoms with Crippen molar-refractivity contribution in [1.29, 1.82) is 0 Å². The molecule has 0 amide bonds. The van der Waals surface area contributed by atoms with E-state index in [9.17, 15) is 0 Å². The molecule has 0 aliphatic carbocycles. The predicted molar refractivity (Wildman–Crippen MR) is 109 cm³/mol. The standard InChI is InChI=1S/C21H24S2/c1-2-3-4-5-7-10-17-13-15-19(16-14-17)21(23)20(22)18-11-8-6-9-12-18/h6,8-9,11-16H,2-5,7,10H2,1H3. The van der Waals surface area contributed by atoms with Gasteiger partial charge < -0.3 is 0 Å². The van der Waals surface area contributed by atoms with Gasteiger partial charge in [-0.3, -0.25) is 0 Å². The van der Waals surface area contributed by atoms with Gasteiger partial charge in [-0.1, -0.05) is 112 Å². The lowest BCUT2D eigenvalue weighted by Gasteiger charge is -2.08. The van der Waals surface area contributed by atoms with Gasteiger partial charge in [0.25, 0.3) is 0 Å². The van der Waals surface area contributed by atoms with Crippen LogP contribution in [0.1, 0.15) is 55.7 Å². The number of thiocarbonyl (C=S) groups is 2. The molecule has 0 heterocycles. The van der Waals surface area contributed by atoms with Crippen LogP contribution in [0.25, 0.3) is 0 Å². The van der Waals surface area contributed by atoms with Gasteiger partial charge >= 0.3 is 0 Å². The third-order valence-electron chi connectivity index (χ3n) is 4.03. The fourth-order valence-corrected chi connectivity index (χ4v) is 3.12. The van der Waals surface area contributed by atoms with Crippen molar-refractivity contribution in [1.82, 2.24) is 0 Å². The van der Waals surface area contributed by atoms with Crippen LogP contribution >= 0.6 is 24.4 Å². The summed E-state index contributed by atoms with van der Waals surface area (Å²) in [4.78, 5) is 1.52. The van der Waals surface area contributed by atoms with E-state index < -0.39 is 0 Å². The van der Waals surface area contributed by atoms with Crippen LogP contribution in [-0.4, -0.2) is 9.73 Å². The average molecular weight is 341 g/mol. The molecule has 0 saturated carbocycles. The van der Waals surface area contributed by atoms with Gasteiger partial charge in [-0.25, -0.2) is 0 Å². The van der Waals surface area contributed by atoms with Crippen LogP contribution in [0.5, 0.6) is 0 Å². The highest BCUT2D eigenvalue weighted by molar-refractivity contribution is 7.90. The first-order valence-electron chi connectivity index (χ1n) is 8.45. The van der Waals surface area contributed by atoms with Crippen LogP contribution in [0.3, 0.4) is 0 Å². The molecule has 0 N–H and O–H groups in total. The van der Waals surface area contributed by atoms with E-state index in [0.29, 0.717) is 0 Å². The first-order chi connectivity index (χ1) is 11.2.